The van der Waals surface area contributed by atoms with Crippen molar-refractivity contribution in [3.63, 3.8) is 0 Å². The highest BCUT2D eigenvalue weighted by Crippen LogP contribution is 2.44. The van der Waals surface area contributed by atoms with E-state index in [1.807, 2.05) is 0 Å². The van der Waals surface area contributed by atoms with Crippen molar-refractivity contribution in [3.8, 4) is 0 Å². The number of furan rings is 1. The van der Waals surface area contributed by atoms with E-state index in [9.17, 15) is 4.79 Å². The van der Waals surface area contributed by atoms with Crippen molar-refractivity contribution in [1.29, 1.82) is 0 Å². The zero-order chi connectivity index (χ0) is 11.1. The summed E-state index contributed by atoms with van der Waals surface area (Å²) in [5.74, 6) is 1.30. The molecule has 0 radical (unpaired) electrons. The van der Waals surface area contributed by atoms with Gasteiger partial charge in [-0.25, -0.2) is 0 Å². The Morgan fingerprint density at radius 1 is 1.38 bits per heavy atom. The maximum atomic E-state index is 11.9. The molecule has 3 rings (SSSR count). The van der Waals surface area contributed by atoms with Gasteiger partial charge in [-0.3, -0.25) is 4.79 Å². The third-order valence-corrected chi connectivity index (χ3v) is 3.71. The average Bonchev–Trinajstić information content (AvgIpc) is 3.14. The van der Waals surface area contributed by atoms with Crippen LogP contribution in [0.15, 0.2) is 16.7 Å². The zero-order valence-electron chi connectivity index (χ0n) is 8.91. The Hall–Kier alpha value is -0.960. The molecule has 2 saturated carbocycles. The standard InChI is InChI=1S/C12H14ClNO2/c13-11-9(5-6-16-11)12(15)14-10(7-1-2-7)8-3-4-8/h5-8,10H,1-4H2,(H,14,15). The van der Waals surface area contributed by atoms with Gasteiger partial charge in [-0.05, 0) is 55.2 Å². The highest BCUT2D eigenvalue weighted by molar-refractivity contribution is 6.32. The van der Waals surface area contributed by atoms with Gasteiger partial charge < -0.3 is 9.73 Å². The van der Waals surface area contributed by atoms with Crippen LogP contribution in [0.5, 0.6) is 0 Å². The topological polar surface area (TPSA) is 42.2 Å². The summed E-state index contributed by atoms with van der Waals surface area (Å²) in [6.07, 6.45) is 6.45. The molecule has 1 amide bonds. The van der Waals surface area contributed by atoms with Crippen LogP contribution in [0.4, 0.5) is 0 Å². The lowest BCUT2D eigenvalue weighted by Crippen LogP contribution is -2.38. The lowest BCUT2D eigenvalue weighted by atomic mass is 10.1. The number of carbonyl (C=O) groups excluding carboxylic acids is 1. The third-order valence-electron chi connectivity index (χ3n) is 3.42. The van der Waals surface area contributed by atoms with E-state index in [0.717, 1.165) is 0 Å². The van der Waals surface area contributed by atoms with Crippen molar-refractivity contribution in [2.75, 3.05) is 0 Å². The summed E-state index contributed by atoms with van der Waals surface area (Å²) in [5.41, 5.74) is 0.452. The molecular formula is C12H14ClNO2. The Kier molecular flexibility index (Phi) is 2.43. The van der Waals surface area contributed by atoms with E-state index in [2.05, 4.69) is 5.32 Å². The fourth-order valence-corrected chi connectivity index (χ4v) is 2.42. The summed E-state index contributed by atoms with van der Waals surface area (Å²) in [4.78, 5) is 11.9. The molecule has 1 N–H and O–H groups in total. The quantitative estimate of drug-likeness (QED) is 0.878. The molecule has 16 heavy (non-hydrogen) atoms. The number of nitrogens with one attached hydrogen (secondary N) is 1. The van der Waals surface area contributed by atoms with E-state index >= 15 is 0 Å². The molecule has 1 aromatic rings. The summed E-state index contributed by atoms with van der Waals surface area (Å²) in [6, 6.07) is 1.98. The minimum Gasteiger partial charge on any atom is -0.452 e. The van der Waals surface area contributed by atoms with E-state index in [4.69, 9.17) is 16.0 Å². The summed E-state index contributed by atoms with van der Waals surface area (Å²) < 4.78 is 4.92. The molecule has 2 aliphatic rings. The molecule has 4 heteroatoms. The number of rotatable bonds is 4. The molecule has 1 aromatic heterocycles. The van der Waals surface area contributed by atoms with Gasteiger partial charge in [0.1, 0.15) is 0 Å². The predicted molar refractivity (Wildman–Crippen MR) is 60.4 cm³/mol. The lowest BCUT2D eigenvalue weighted by molar-refractivity contribution is 0.0926. The molecule has 1 heterocycles. The Labute approximate surface area is 99.1 Å². The summed E-state index contributed by atoms with van der Waals surface area (Å²) in [7, 11) is 0. The van der Waals surface area contributed by atoms with Gasteiger partial charge in [0.15, 0.2) is 0 Å². The van der Waals surface area contributed by atoms with Gasteiger partial charge in [0.2, 0.25) is 5.22 Å². The first-order valence-electron chi connectivity index (χ1n) is 5.79. The van der Waals surface area contributed by atoms with Crippen molar-refractivity contribution < 1.29 is 9.21 Å². The molecule has 86 valence electrons. The normalized spacial score (nSPS) is 20.1. The van der Waals surface area contributed by atoms with Crippen molar-refractivity contribution in [2.24, 2.45) is 11.8 Å². The minimum atomic E-state index is -0.0949. The predicted octanol–water partition coefficient (Wildman–Crippen LogP) is 2.85. The number of amides is 1. The fraction of sp³-hybridized carbons (Fsp3) is 0.583. The minimum absolute atomic E-state index is 0.0949. The van der Waals surface area contributed by atoms with E-state index in [1.54, 1.807) is 6.07 Å². The van der Waals surface area contributed by atoms with Crippen molar-refractivity contribution in [2.45, 2.75) is 31.7 Å². The second-order valence-electron chi connectivity index (χ2n) is 4.78. The van der Waals surface area contributed by atoms with Crippen LogP contribution >= 0.6 is 11.6 Å². The van der Waals surface area contributed by atoms with Crippen molar-refractivity contribution in [1.82, 2.24) is 5.32 Å². The van der Waals surface area contributed by atoms with Gasteiger partial charge in [0.05, 0.1) is 11.8 Å². The van der Waals surface area contributed by atoms with E-state index in [-0.39, 0.29) is 11.1 Å². The average molecular weight is 240 g/mol. The summed E-state index contributed by atoms with van der Waals surface area (Å²) in [6.45, 7) is 0. The monoisotopic (exact) mass is 239 g/mol. The Morgan fingerprint density at radius 2 is 2.00 bits per heavy atom. The largest absolute Gasteiger partial charge is 0.452 e. The molecule has 3 nitrogen and oxygen atoms in total. The number of carbonyl (C=O) groups is 1. The zero-order valence-corrected chi connectivity index (χ0v) is 9.67. The smallest absolute Gasteiger partial charge is 0.256 e. The molecule has 0 bridgehead atoms. The summed E-state index contributed by atoms with van der Waals surface area (Å²) >= 11 is 5.78. The highest BCUT2D eigenvalue weighted by Gasteiger charge is 2.42. The first kappa shape index (κ1) is 10.2. The first-order valence-corrected chi connectivity index (χ1v) is 6.17. The second kappa shape index (κ2) is 3.81. The van der Waals surface area contributed by atoms with Crippen LogP contribution < -0.4 is 5.32 Å². The molecule has 0 unspecified atom stereocenters. The number of hydrogen-bond acceptors (Lipinski definition) is 2. The molecule has 0 aliphatic heterocycles. The Balaban J connectivity index is 1.69. The molecule has 0 saturated heterocycles. The van der Waals surface area contributed by atoms with Crippen LogP contribution in [0.25, 0.3) is 0 Å². The van der Waals surface area contributed by atoms with Crippen LogP contribution in [-0.4, -0.2) is 11.9 Å². The fourth-order valence-electron chi connectivity index (χ4n) is 2.22. The second-order valence-corrected chi connectivity index (χ2v) is 5.13. The highest BCUT2D eigenvalue weighted by atomic mass is 35.5. The van der Waals surface area contributed by atoms with Crippen LogP contribution in [0.1, 0.15) is 36.0 Å². The molecule has 2 aliphatic carbocycles. The number of halogens is 1. The molecule has 0 spiro atoms. The van der Waals surface area contributed by atoms with Gasteiger partial charge in [0, 0.05) is 6.04 Å². The van der Waals surface area contributed by atoms with Crippen LogP contribution in [-0.2, 0) is 0 Å². The molecule has 2 fully saturated rings. The molecular weight excluding hydrogens is 226 g/mol. The van der Waals surface area contributed by atoms with Gasteiger partial charge in [-0.15, -0.1) is 0 Å². The maximum Gasteiger partial charge on any atom is 0.256 e. The maximum absolute atomic E-state index is 11.9. The van der Waals surface area contributed by atoms with Gasteiger partial charge >= 0.3 is 0 Å². The third kappa shape index (κ3) is 1.96. The first-order chi connectivity index (χ1) is 7.75. The lowest BCUT2D eigenvalue weighted by Gasteiger charge is -2.16. The summed E-state index contributed by atoms with van der Waals surface area (Å²) in [5, 5.41) is 3.28. The van der Waals surface area contributed by atoms with Crippen molar-refractivity contribution >= 4 is 17.5 Å². The van der Waals surface area contributed by atoms with E-state index < -0.39 is 0 Å². The van der Waals surface area contributed by atoms with Gasteiger partial charge in [-0.1, -0.05) is 0 Å². The van der Waals surface area contributed by atoms with Gasteiger partial charge in [0.25, 0.3) is 5.91 Å². The van der Waals surface area contributed by atoms with Crippen LogP contribution in [0.2, 0.25) is 5.22 Å². The van der Waals surface area contributed by atoms with E-state index in [0.29, 0.717) is 23.4 Å². The van der Waals surface area contributed by atoms with Gasteiger partial charge in [-0.2, -0.15) is 0 Å². The van der Waals surface area contributed by atoms with E-state index in [1.165, 1.54) is 31.9 Å². The SMILES string of the molecule is O=C(NC(C1CC1)C1CC1)c1ccoc1Cl. The van der Waals surface area contributed by atoms with Crippen LogP contribution in [0, 0.1) is 11.8 Å². The van der Waals surface area contributed by atoms with Crippen molar-refractivity contribution in [3.05, 3.63) is 23.1 Å². The molecule has 0 aromatic carbocycles. The molecule has 0 atom stereocenters. The Morgan fingerprint density at radius 3 is 2.44 bits per heavy atom. The van der Waals surface area contributed by atoms with Crippen LogP contribution in [0.3, 0.4) is 0 Å². The number of hydrogen-bond donors (Lipinski definition) is 1. The Bertz CT molecular complexity index is 395.